The van der Waals surface area contributed by atoms with E-state index in [1.54, 1.807) is 6.20 Å². The van der Waals surface area contributed by atoms with Gasteiger partial charge in [-0.2, -0.15) is 15.0 Å². The van der Waals surface area contributed by atoms with E-state index in [1.807, 2.05) is 13.0 Å². The van der Waals surface area contributed by atoms with E-state index in [4.69, 9.17) is 10.5 Å². The van der Waals surface area contributed by atoms with E-state index in [-0.39, 0.29) is 17.9 Å². The van der Waals surface area contributed by atoms with Crippen molar-refractivity contribution in [1.82, 2.24) is 19.9 Å². The number of nitrogen functional groups attached to an aromatic ring is 1. The van der Waals surface area contributed by atoms with Gasteiger partial charge in [0.05, 0.1) is 18.2 Å². The third-order valence-electron chi connectivity index (χ3n) is 3.19. The fourth-order valence-corrected chi connectivity index (χ4v) is 2.40. The van der Waals surface area contributed by atoms with Crippen LogP contribution in [0.15, 0.2) is 18.3 Å². The summed E-state index contributed by atoms with van der Waals surface area (Å²) in [5.74, 6) is 0.923. The van der Waals surface area contributed by atoms with E-state index in [9.17, 15) is 0 Å². The van der Waals surface area contributed by atoms with Gasteiger partial charge in [0.2, 0.25) is 5.95 Å². The molecule has 0 amide bonds. The van der Waals surface area contributed by atoms with E-state index in [0.29, 0.717) is 12.4 Å². The lowest BCUT2D eigenvalue weighted by molar-refractivity contribution is 0.310. The number of fused-ring (bicyclic) bond motifs is 1. The molecule has 2 aromatic heterocycles. The number of aromatic nitrogens is 4. The van der Waals surface area contributed by atoms with Crippen molar-refractivity contribution in [2.75, 3.05) is 12.3 Å². The van der Waals surface area contributed by atoms with Crippen LogP contribution in [-0.4, -0.2) is 26.5 Å². The Morgan fingerprint density at radius 1 is 1.37 bits per heavy atom. The zero-order valence-corrected chi connectivity index (χ0v) is 10.7. The number of rotatable bonds is 3. The molecule has 0 fully saturated rings. The van der Waals surface area contributed by atoms with Crippen LogP contribution in [0.25, 0.3) is 0 Å². The number of nitrogens with zero attached hydrogens (tertiary/aromatic N) is 4. The monoisotopic (exact) mass is 257 g/mol. The van der Waals surface area contributed by atoms with Crippen LogP contribution in [0.5, 0.6) is 6.01 Å². The predicted molar refractivity (Wildman–Crippen MR) is 69.8 cm³/mol. The minimum absolute atomic E-state index is 0.0840. The topological polar surface area (TPSA) is 86.8 Å². The largest absolute Gasteiger partial charge is 0.464 e. The summed E-state index contributed by atoms with van der Waals surface area (Å²) in [5, 5.41) is 0. The van der Waals surface area contributed by atoms with E-state index in [0.717, 1.165) is 18.5 Å². The summed E-state index contributed by atoms with van der Waals surface area (Å²) in [4.78, 5) is 17.0. The molecule has 1 unspecified atom stereocenters. The first-order valence-corrected chi connectivity index (χ1v) is 6.36. The van der Waals surface area contributed by atoms with Gasteiger partial charge in [-0.15, -0.1) is 0 Å². The summed E-state index contributed by atoms with van der Waals surface area (Å²) in [6.45, 7) is 2.38. The van der Waals surface area contributed by atoms with Gasteiger partial charge in [-0.25, -0.2) is 0 Å². The lowest BCUT2D eigenvalue weighted by Gasteiger charge is -2.10. The molecule has 1 aliphatic carbocycles. The molecule has 6 nitrogen and oxygen atoms in total. The lowest BCUT2D eigenvalue weighted by Crippen LogP contribution is -2.10. The van der Waals surface area contributed by atoms with Gasteiger partial charge >= 0.3 is 6.01 Å². The third kappa shape index (κ3) is 2.21. The van der Waals surface area contributed by atoms with Crippen molar-refractivity contribution in [1.29, 1.82) is 0 Å². The van der Waals surface area contributed by atoms with Crippen LogP contribution in [0.2, 0.25) is 0 Å². The maximum atomic E-state index is 5.71. The average Bonchev–Trinajstić information content (AvgIpc) is 2.82. The molecule has 6 heteroatoms. The number of hydrogen-bond donors (Lipinski definition) is 1. The molecule has 19 heavy (non-hydrogen) atoms. The maximum absolute atomic E-state index is 5.71. The number of aryl methyl sites for hydroxylation is 1. The average molecular weight is 257 g/mol. The highest BCUT2D eigenvalue weighted by Crippen LogP contribution is 2.35. The van der Waals surface area contributed by atoms with E-state index >= 15 is 0 Å². The second-order valence-corrected chi connectivity index (χ2v) is 4.41. The summed E-state index contributed by atoms with van der Waals surface area (Å²) >= 11 is 0. The fourth-order valence-electron chi connectivity index (χ4n) is 2.40. The van der Waals surface area contributed by atoms with Gasteiger partial charge in [-0.05, 0) is 31.4 Å². The molecule has 3 rings (SSSR count). The summed E-state index contributed by atoms with van der Waals surface area (Å²) < 4.78 is 5.31. The van der Waals surface area contributed by atoms with E-state index < -0.39 is 0 Å². The summed E-state index contributed by atoms with van der Waals surface area (Å²) in [6, 6.07) is 4.33. The molecular formula is C13H15N5O. The molecule has 1 aliphatic rings. The molecule has 0 saturated heterocycles. The van der Waals surface area contributed by atoms with Crippen molar-refractivity contribution in [3.63, 3.8) is 0 Å². The molecule has 98 valence electrons. The molecule has 0 radical (unpaired) electrons. The van der Waals surface area contributed by atoms with E-state index in [1.165, 1.54) is 5.56 Å². The molecular weight excluding hydrogens is 242 g/mol. The van der Waals surface area contributed by atoms with Gasteiger partial charge in [-0.3, -0.25) is 4.98 Å². The van der Waals surface area contributed by atoms with Crippen LogP contribution in [0.3, 0.4) is 0 Å². The SMILES string of the molecule is CCOc1nc(N)nc(C2CCc3cccnc32)n1. The first-order valence-electron chi connectivity index (χ1n) is 6.36. The Kier molecular flexibility index (Phi) is 2.98. The van der Waals surface area contributed by atoms with Gasteiger partial charge in [0.15, 0.2) is 0 Å². The molecule has 0 bridgehead atoms. The Balaban J connectivity index is 1.99. The number of ether oxygens (including phenoxy) is 1. The predicted octanol–water partition coefficient (Wildman–Crippen LogP) is 1.33. The fraction of sp³-hybridized carbons (Fsp3) is 0.385. The minimum Gasteiger partial charge on any atom is -0.464 e. The van der Waals surface area contributed by atoms with Crippen LogP contribution in [0.4, 0.5) is 5.95 Å². The van der Waals surface area contributed by atoms with Gasteiger partial charge in [0.1, 0.15) is 5.82 Å². The minimum atomic E-state index is 0.0840. The van der Waals surface area contributed by atoms with Crippen molar-refractivity contribution in [3.8, 4) is 6.01 Å². The molecule has 2 aromatic rings. The first kappa shape index (κ1) is 11.8. The number of pyridine rings is 1. The second-order valence-electron chi connectivity index (χ2n) is 4.41. The molecule has 2 heterocycles. The van der Waals surface area contributed by atoms with Crippen LogP contribution in [0.1, 0.15) is 36.3 Å². The van der Waals surface area contributed by atoms with Gasteiger partial charge in [0.25, 0.3) is 0 Å². The molecule has 2 N–H and O–H groups in total. The third-order valence-corrected chi connectivity index (χ3v) is 3.19. The standard InChI is InChI=1S/C13H15N5O/c1-2-19-13-17-11(16-12(14)18-13)9-6-5-8-4-3-7-15-10(8)9/h3-4,7,9H,2,5-6H2,1H3,(H2,14,16,17,18). The van der Waals surface area contributed by atoms with Crippen LogP contribution in [0, 0.1) is 0 Å². The normalized spacial score (nSPS) is 17.2. The van der Waals surface area contributed by atoms with E-state index in [2.05, 4.69) is 26.0 Å². The van der Waals surface area contributed by atoms with Gasteiger partial charge in [-0.1, -0.05) is 6.07 Å². The molecule has 0 aromatic carbocycles. The molecule has 1 atom stereocenters. The van der Waals surface area contributed by atoms with Crippen molar-refractivity contribution in [2.45, 2.75) is 25.7 Å². The summed E-state index contributed by atoms with van der Waals surface area (Å²) in [7, 11) is 0. The summed E-state index contributed by atoms with van der Waals surface area (Å²) in [6.07, 6.45) is 3.73. The van der Waals surface area contributed by atoms with Gasteiger partial charge < -0.3 is 10.5 Å². The van der Waals surface area contributed by atoms with Crippen molar-refractivity contribution >= 4 is 5.95 Å². The molecule has 0 aliphatic heterocycles. The lowest BCUT2D eigenvalue weighted by atomic mass is 10.1. The van der Waals surface area contributed by atoms with Crippen molar-refractivity contribution < 1.29 is 4.74 Å². The Labute approximate surface area is 111 Å². The first-order chi connectivity index (χ1) is 9.28. The Hall–Kier alpha value is -2.24. The zero-order valence-electron chi connectivity index (χ0n) is 10.7. The number of nitrogens with two attached hydrogens (primary N) is 1. The highest BCUT2D eigenvalue weighted by atomic mass is 16.5. The maximum Gasteiger partial charge on any atom is 0.321 e. The smallest absolute Gasteiger partial charge is 0.321 e. The van der Waals surface area contributed by atoms with Crippen LogP contribution in [-0.2, 0) is 6.42 Å². The summed E-state index contributed by atoms with van der Waals surface area (Å²) in [5.41, 5.74) is 8.01. The quantitative estimate of drug-likeness (QED) is 0.892. The van der Waals surface area contributed by atoms with Crippen LogP contribution < -0.4 is 10.5 Å². The van der Waals surface area contributed by atoms with Crippen molar-refractivity contribution in [2.24, 2.45) is 0 Å². The number of hydrogen-bond acceptors (Lipinski definition) is 6. The Morgan fingerprint density at radius 2 is 2.26 bits per heavy atom. The number of anilines is 1. The molecule has 0 spiro atoms. The highest BCUT2D eigenvalue weighted by molar-refractivity contribution is 5.34. The van der Waals surface area contributed by atoms with Crippen LogP contribution >= 0.6 is 0 Å². The van der Waals surface area contributed by atoms with Gasteiger partial charge in [0, 0.05) is 6.20 Å². The molecule has 0 saturated carbocycles. The Bertz CT molecular complexity index is 601. The second kappa shape index (κ2) is 4.79. The van der Waals surface area contributed by atoms with Crippen molar-refractivity contribution in [3.05, 3.63) is 35.4 Å². The Morgan fingerprint density at radius 3 is 3.11 bits per heavy atom. The highest BCUT2D eigenvalue weighted by Gasteiger charge is 2.28. The zero-order chi connectivity index (χ0) is 13.2.